The van der Waals surface area contributed by atoms with Crippen molar-refractivity contribution in [3.05, 3.63) is 36.0 Å². The van der Waals surface area contributed by atoms with E-state index < -0.39 is 0 Å². The molecule has 1 aromatic heterocycles. The number of H-pyrrole nitrogens is 1. The minimum absolute atomic E-state index is 0.0274. The lowest BCUT2D eigenvalue weighted by Gasteiger charge is -2.11. The van der Waals surface area contributed by atoms with Gasteiger partial charge in [-0.2, -0.15) is 0 Å². The van der Waals surface area contributed by atoms with E-state index in [1.807, 2.05) is 6.07 Å². The lowest BCUT2D eigenvalue weighted by Crippen LogP contribution is -2.13. The van der Waals surface area contributed by atoms with Gasteiger partial charge in [0.2, 0.25) is 0 Å². The largest absolute Gasteiger partial charge is 0.395 e. The zero-order valence-corrected chi connectivity index (χ0v) is 8.83. The van der Waals surface area contributed by atoms with Gasteiger partial charge in [-0.05, 0) is 24.0 Å². The zero-order chi connectivity index (χ0) is 10.5. The number of aliphatic hydroxyl groups is 1. The van der Waals surface area contributed by atoms with Crippen LogP contribution in [0.2, 0.25) is 0 Å². The number of aromatic nitrogens is 1. The fourth-order valence-electron chi connectivity index (χ4n) is 2.65. The molecule has 1 saturated carbocycles. The van der Waals surface area contributed by atoms with E-state index in [1.54, 1.807) is 0 Å². The summed E-state index contributed by atoms with van der Waals surface area (Å²) in [5.74, 6) is 0.599. The Kier molecular flexibility index (Phi) is 1.71. The van der Waals surface area contributed by atoms with Crippen LogP contribution in [0.5, 0.6) is 0 Å². The molecule has 1 aliphatic rings. The first-order chi connectivity index (χ1) is 7.28. The van der Waals surface area contributed by atoms with Gasteiger partial charge in [0.1, 0.15) is 0 Å². The smallest absolute Gasteiger partial charge is 0.0531 e. The molecule has 1 fully saturated rings. The maximum absolute atomic E-state index is 9.54. The average molecular weight is 201 g/mol. The Morgan fingerprint density at radius 3 is 2.87 bits per heavy atom. The summed E-state index contributed by atoms with van der Waals surface area (Å²) in [5.41, 5.74) is 2.48. The van der Waals surface area contributed by atoms with Crippen molar-refractivity contribution in [1.82, 2.24) is 4.98 Å². The maximum Gasteiger partial charge on any atom is 0.0531 e. The Hall–Kier alpha value is -1.28. The fraction of sp³-hybridized carbons (Fsp3) is 0.385. The van der Waals surface area contributed by atoms with Crippen molar-refractivity contribution < 1.29 is 5.11 Å². The Morgan fingerprint density at radius 1 is 1.47 bits per heavy atom. The van der Waals surface area contributed by atoms with Gasteiger partial charge in [0.15, 0.2) is 0 Å². The van der Waals surface area contributed by atoms with Crippen LogP contribution < -0.4 is 0 Å². The summed E-state index contributed by atoms with van der Waals surface area (Å²) in [7, 11) is 0. The van der Waals surface area contributed by atoms with Gasteiger partial charge in [-0.1, -0.05) is 25.1 Å². The van der Waals surface area contributed by atoms with E-state index >= 15 is 0 Å². The van der Waals surface area contributed by atoms with Gasteiger partial charge in [0.25, 0.3) is 0 Å². The van der Waals surface area contributed by atoms with Crippen LogP contribution in [0, 0.1) is 5.92 Å². The summed E-state index contributed by atoms with van der Waals surface area (Å²) in [6.45, 7) is 2.47. The van der Waals surface area contributed by atoms with Crippen molar-refractivity contribution in [3.8, 4) is 0 Å². The number of hydrogen-bond acceptors (Lipinski definition) is 1. The lowest BCUT2D eigenvalue weighted by molar-refractivity contribution is 0.248. The molecule has 0 aliphatic heterocycles. The third kappa shape index (κ3) is 1.08. The molecule has 2 atom stereocenters. The van der Waals surface area contributed by atoms with Crippen molar-refractivity contribution in [3.63, 3.8) is 0 Å². The Bertz CT molecular complexity index is 498. The number of hydrogen-bond donors (Lipinski definition) is 2. The maximum atomic E-state index is 9.54. The van der Waals surface area contributed by atoms with Gasteiger partial charge >= 0.3 is 0 Å². The molecule has 2 aromatic rings. The molecular weight excluding hydrogens is 186 g/mol. The second-order valence-corrected chi connectivity index (χ2v) is 4.67. The van der Waals surface area contributed by atoms with E-state index in [9.17, 15) is 5.11 Å². The second kappa shape index (κ2) is 2.86. The van der Waals surface area contributed by atoms with Crippen LogP contribution in [0.4, 0.5) is 0 Å². The number of rotatable bonds is 2. The van der Waals surface area contributed by atoms with Gasteiger partial charge in [0.05, 0.1) is 6.61 Å². The Labute approximate surface area is 88.9 Å². The summed E-state index contributed by atoms with van der Waals surface area (Å²) in [6.07, 6.45) is 3.16. The topological polar surface area (TPSA) is 36.0 Å². The standard InChI is InChI=1S/C13H15NO/c1-9-6-13(9,8-15)11-7-14-12-5-3-2-4-10(11)12/h2-5,7,9,14-15H,6,8H2,1H3. The third-order valence-electron chi connectivity index (χ3n) is 3.86. The number of benzene rings is 1. The number of fused-ring (bicyclic) bond motifs is 1. The molecule has 15 heavy (non-hydrogen) atoms. The van der Waals surface area contributed by atoms with E-state index in [-0.39, 0.29) is 12.0 Å². The molecule has 1 aromatic carbocycles. The highest BCUT2D eigenvalue weighted by atomic mass is 16.3. The molecule has 2 N–H and O–H groups in total. The highest BCUT2D eigenvalue weighted by Crippen LogP contribution is 2.55. The number of para-hydroxylation sites is 1. The van der Waals surface area contributed by atoms with Crippen molar-refractivity contribution >= 4 is 10.9 Å². The first kappa shape index (κ1) is 8.98. The van der Waals surface area contributed by atoms with E-state index in [1.165, 1.54) is 16.5 Å². The Morgan fingerprint density at radius 2 is 2.20 bits per heavy atom. The molecule has 0 bridgehead atoms. The number of nitrogens with one attached hydrogen (secondary N) is 1. The summed E-state index contributed by atoms with van der Waals surface area (Å²) < 4.78 is 0. The van der Waals surface area contributed by atoms with Crippen molar-refractivity contribution in [1.29, 1.82) is 0 Å². The van der Waals surface area contributed by atoms with Gasteiger partial charge in [-0.3, -0.25) is 0 Å². The summed E-state index contributed by atoms with van der Waals surface area (Å²) in [6, 6.07) is 8.29. The predicted molar refractivity (Wildman–Crippen MR) is 60.8 cm³/mol. The fourth-order valence-corrected chi connectivity index (χ4v) is 2.65. The Balaban J connectivity index is 2.20. The zero-order valence-electron chi connectivity index (χ0n) is 8.83. The van der Waals surface area contributed by atoms with Crippen LogP contribution in [0.25, 0.3) is 10.9 Å². The lowest BCUT2D eigenvalue weighted by atomic mass is 9.94. The quantitative estimate of drug-likeness (QED) is 0.769. The molecule has 3 rings (SSSR count). The van der Waals surface area contributed by atoms with Crippen LogP contribution in [0.1, 0.15) is 18.9 Å². The van der Waals surface area contributed by atoms with Crippen LogP contribution in [0.3, 0.4) is 0 Å². The number of aromatic amines is 1. The summed E-state index contributed by atoms with van der Waals surface area (Å²) in [5, 5.41) is 10.8. The molecule has 0 amide bonds. The molecule has 2 nitrogen and oxygen atoms in total. The molecule has 1 heterocycles. The monoisotopic (exact) mass is 201 g/mol. The summed E-state index contributed by atoms with van der Waals surface area (Å²) in [4.78, 5) is 3.28. The predicted octanol–water partition coefficient (Wildman–Crippen LogP) is 2.44. The van der Waals surface area contributed by atoms with E-state index in [0.29, 0.717) is 5.92 Å². The minimum atomic E-state index is 0.0274. The van der Waals surface area contributed by atoms with Crippen molar-refractivity contribution in [2.24, 2.45) is 5.92 Å². The summed E-state index contributed by atoms with van der Waals surface area (Å²) >= 11 is 0. The first-order valence-electron chi connectivity index (χ1n) is 5.45. The highest BCUT2D eigenvalue weighted by Gasteiger charge is 2.52. The minimum Gasteiger partial charge on any atom is -0.395 e. The normalized spacial score (nSPS) is 29.6. The van der Waals surface area contributed by atoms with Crippen LogP contribution in [0.15, 0.2) is 30.5 Å². The molecule has 2 unspecified atom stereocenters. The number of aliphatic hydroxyl groups excluding tert-OH is 1. The van der Waals surface area contributed by atoms with Crippen molar-refractivity contribution in [2.75, 3.05) is 6.61 Å². The molecule has 78 valence electrons. The average Bonchev–Trinajstić information content (AvgIpc) is 2.76. The molecule has 0 saturated heterocycles. The highest BCUT2D eigenvalue weighted by molar-refractivity contribution is 5.84. The van der Waals surface area contributed by atoms with Crippen LogP contribution in [-0.2, 0) is 5.41 Å². The first-order valence-corrected chi connectivity index (χ1v) is 5.45. The van der Waals surface area contributed by atoms with Crippen molar-refractivity contribution in [2.45, 2.75) is 18.8 Å². The molecule has 1 aliphatic carbocycles. The van der Waals surface area contributed by atoms with Gasteiger partial charge < -0.3 is 10.1 Å². The van der Waals surface area contributed by atoms with Crippen LogP contribution in [-0.4, -0.2) is 16.7 Å². The van der Waals surface area contributed by atoms with Gasteiger partial charge in [-0.25, -0.2) is 0 Å². The molecule has 2 heteroatoms. The third-order valence-corrected chi connectivity index (χ3v) is 3.86. The van der Waals surface area contributed by atoms with Gasteiger partial charge in [-0.15, -0.1) is 0 Å². The van der Waals surface area contributed by atoms with E-state index in [4.69, 9.17) is 0 Å². The molecule has 0 spiro atoms. The van der Waals surface area contributed by atoms with E-state index in [2.05, 4.69) is 36.3 Å². The SMILES string of the molecule is CC1CC1(CO)c1c[nH]c2ccccc12. The van der Waals surface area contributed by atoms with Gasteiger partial charge in [0, 0.05) is 22.5 Å². The van der Waals surface area contributed by atoms with E-state index in [0.717, 1.165) is 6.42 Å². The van der Waals surface area contributed by atoms with Crippen LogP contribution >= 0.6 is 0 Å². The second-order valence-electron chi connectivity index (χ2n) is 4.67. The molecule has 0 radical (unpaired) electrons. The molecular formula is C13H15NO.